The molecule has 24 heavy (non-hydrogen) atoms. The Hall–Kier alpha value is -0.300. The first-order valence-electron chi connectivity index (χ1n) is 9.44. The molecule has 0 aliphatic carbocycles. The van der Waals surface area contributed by atoms with E-state index < -0.39 is 0 Å². The van der Waals surface area contributed by atoms with Crippen molar-refractivity contribution in [1.82, 2.24) is 15.1 Å². The topological polar surface area (TPSA) is 44.8 Å². The highest BCUT2D eigenvalue weighted by atomic mass is 32.2. The van der Waals surface area contributed by atoms with E-state index in [1.54, 1.807) is 0 Å². The lowest BCUT2D eigenvalue weighted by Crippen LogP contribution is -2.56. The summed E-state index contributed by atoms with van der Waals surface area (Å²) in [6.45, 7) is 13.5. The number of morpholine rings is 1. The maximum atomic E-state index is 12.4. The summed E-state index contributed by atoms with van der Waals surface area (Å²) in [6.07, 6.45) is 3.80. The van der Waals surface area contributed by atoms with E-state index in [2.05, 4.69) is 35.9 Å². The molecule has 0 aromatic heterocycles. The third kappa shape index (κ3) is 6.54. The Morgan fingerprint density at radius 1 is 1.25 bits per heavy atom. The molecule has 1 N–H and O–H groups in total. The van der Waals surface area contributed by atoms with Crippen molar-refractivity contribution in [1.29, 1.82) is 0 Å². The van der Waals surface area contributed by atoms with Crippen LogP contribution >= 0.6 is 11.8 Å². The molecule has 2 aliphatic rings. The number of thioether (sulfide) groups is 1. The van der Waals surface area contributed by atoms with Crippen molar-refractivity contribution in [2.24, 2.45) is 0 Å². The summed E-state index contributed by atoms with van der Waals surface area (Å²) in [4.78, 5) is 17.2. The van der Waals surface area contributed by atoms with Gasteiger partial charge < -0.3 is 10.1 Å². The number of rotatable bonds is 7. The molecule has 1 atom stereocenters. The quantitative estimate of drug-likeness (QED) is 0.753. The number of amides is 1. The van der Waals surface area contributed by atoms with Crippen LogP contribution < -0.4 is 5.32 Å². The summed E-state index contributed by atoms with van der Waals surface area (Å²) in [6, 6.07) is 0. The monoisotopic (exact) mass is 357 g/mol. The van der Waals surface area contributed by atoms with Crippen LogP contribution in [-0.4, -0.2) is 84.7 Å². The summed E-state index contributed by atoms with van der Waals surface area (Å²) in [5.74, 6) is 1.33. The van der Waals surface area contributed by atoms with Crippen LogP contribution in [0, 0.1) is 0 Å². The van der Waals surface area contributed by atoms with Crippen LogP contribution in [-0.2, 0) is 9.53 Å². The van der Waals surface area contributed by atoms with Gasteiger partial charge in [0.1, 0.15) is 0 Å². The number of nitrogens with zero attached hydrogens (tertiary/aromatic N) is 2. The second kappa shape index (κ2) is 10.00. The van der Waals surface area contributed by atoms with Crippen molar-refractivity contribution in [3.63, 3.8) is 0 Å². The number of ether oxygens (including phenoxy) is 1. The maximum absolute atomic E-state index is 12.4. The van der Waals surface area contributed by atoms with E-state index in [1.165, 1.54) is 25.0 Å². The molecule has 2 heterocycles. The highest BCUT2D eigenvalue weighted by molar-refractivity contribution is 7.99. The number of carbonyl (C=O) groups excluding carboxylic acids is 1. The smallest absolute Gasteiger partial charge is 0.234 e. The van der Waals surface area contributed by atoms with E-state index in [1.807, 2.05) is 11.8 Å². The highest BCUT2D eigenvalue weighted by Gasteiger charge is 2.29. The fraction of sp³-hybridized carbons (Fsp3) is 0.944. The third-order valence-electron chi connectivity index (χ3n) is 5.07. The molecular formula is C18H35N3O2S. The van der Waals surface area contributed by atoms with E-state index in [9.17, 15) is 4.79 Å². The van der Waals surface area contributed by atoms with Crippen molar-refractivity contribution in [2.75, 3.05) is 58.2 Å². The van der Waals surface area contributed by atoms with Crippen LogP contribution in [0.2, 0.25) is 0 Å². The fourth-order valence-electron chi connectivity index (χ4n) is 3.55. The Morgan fingerprint density at radius 2 is 2.00 bits per heavy atom. The average Bonchev–Trinajstić information content (AvgIpc) is 2.79. The van der Waals surface area contributed by atoms with Gasteiger partial charge >= 0.3 is 0 Å². The van der Waals surface area contributed by atoms with Gasteiger partial charge in [-0.1, -0.05) is 13.3 Å². The van der Waals surface area contributed by atoms with E-state index in [4.69, 9.17) is 4.74 Å². The lowest BCUT2D eigenvalue weighted by Gasteiger charge is -2.41. The minimum atomic E-state index is -0.0151. The molecule has 2 aliphatic heterocycles. The molecule has 2 rings (SSSR count). The molecule has 0 aromatic rings. The number of likely N-dealkylation sites (tertiary alicyclic amines) is 1. The second-order valence-electron chi connectivity index (χ2n) is 7.50. The number of hydrogen-bond donors (Lipinski definition) is 1. The highest BCUT2D eigenvalue weighted by Crippen LogP contribution is 2.21. The lowest BCUT2D eigenvalue weighted by atomic mass is 10.0. The SMILES string of the molecule is CCSC1CCCCN(CC(=O)NCC(C)(C)N2CCOCC2)C1. The van der Waals surface area contributed by atoms with Crippen LogP contribution in [0.5, 0.6) is 0 Å². The van der Waals surface area contributed by atoms with Gasteiger partial charge in [-0.3, -0.25) is 14.6 Å². The number of hydrogen-bond acceptors (Lipinski definition) is 5. The first kappa shape index (κ1) is 20.0. The zero-order valence-electron chi connectivity index (χ0n) is 15.7. The fourth-order valence-corrected chi connectivity index (χ4v) is 4.67. The Balaban J connectivity index is 1.75. The summed E-state index contributed by atoms with van der Waals surface area (Å²) in [5, 5.41) is 3.85. The number of nitrogens with one attached hydrogen (secondary N) is 1. The van der Waals surface area contributed by atoms with Crippen molar-refractivity contribution < 1.29 is 9.53 Å². The average molecular weight is 358 g/mol. The molecule has 0 radical (unpaired) electrons. The van der Waals surface area contributed by atoms with Gasteiger partial charge in [-0.15, -0.1) is 0 Å². The van der Waals surface area contributed by atoms with Gasteiger partial charge in [0.05, 0.1) is 19.8 Å². The van der Waals surface area contributed by atoms with Crippen LogP contribution in [0.3, 0.4) is 0 Å². The molecule has 6 heteroatoms. The zero-order valence-corrected chi connectivity index (χ0v) is 16.5. The Morgan fingerprint density at radius 3 is 2.71 bits per heavy atom. The molecule has 0 bridgehead atoms. The molecule has 5 nitrogen and oxygen atoms in total. The Kier molecular flexibility index (Phi) is 8.34. The summed E-state index contributed by atoms with van der Waals surface area (Å²) < 4.78 is 5.43. The Labute approximate surface area is 151 Å². The predicted octanol–water partition coefficient (Wildman–Crippen LogP) is 1.82. The van der Waals surface area contributed by atoms with Crippen LogP contribution in [0.15, 0.2) is 0 Å². The van der Waals surface area contributed by atoms with Crippen LogP contribution in [0.1, 0.15) is 40.0 Å². The zero-order chi connectivity index (χ0) is 17.4. The second-order valence-corrected chi connectivity index (χ2v) is 9.07. The molecule has 1 unspecified atom stereocenters. The largest absolute Gasteiger partial charge is 0.379 e. The van der Waals surface area contributed by atoms with Gasteiger partial charge in [-0.05, 0) is 39.0 Å². The lowest BCUT2D eigenvalue weighted by molar-refractivity contribution is -0.123. The Bertz CT molecular complexity index is 386. The molecule has 1 amide bonds. The van der Waals surface area contributed by atoms with Crippen molar-refractivity contribution in [2.45, 2.75) is 50.8 Å². The number of carbonyl (C=O) groups is 1. The predicted molar refractivity (Wildman–Crippen MR) is 102 cm³/mol. The molecule has 0 spiro atoms. The van der Waals surface area contributed by atoms with Crippen molar-refractivity contribution in [3.05, 3.63) is 0 Å². The standard InChI is InChI=1S/C18H35N3O2S/c1-4-24-16-7-5-6-8-20(13-16)14-17(22)19-15-18(2,3)21-9-11-23-12-10-21/h16H,4-15H2,1-3H3,(H,19,22). The van der Waals surface area contributed by atoms with Crippen LogP contribution in [0.4, 0.5) is 0 Å². The van der Waals surface area contributed by atoms with Gasteiger partial charge in [0.15, 0.2) is 0 Å². The molecular weight excluding hydrogens is 322 g/mol. The van der Waals surface area contributed by atoms with Gasteiger partial charge in [0.2, 0.25) is 5.91 Å². The first-order valence-corrected chi connectivity index (χ1v) is 10.5. The minimum absolute atomic E-state index is 0.0151. The maximum Gasteiger partial charge on any atom is 0.234 e. The molecule has 0 aromatic carbocycles. The molecule has 2 saturated heterocycles. The molecule has 0 saturated carbocycles. The van der Waals surface area contributed by atoms with Crippen molar-refractivity contribution in [3.8, 4) is 0 Å². The summed E-state index contributed by atoms with van der Waals surface area (Å²) in [5.41, 5.74) is -0.0151. The minimum Gasteiger partial charge on any atom is -0.379 e. The van der Waals surface area contributed by atoms with E-state index in [0.717, 1.165) is 39.4 Å². The van der Waals surface area contributed by atoms with Crippen molar-refractivity contribution >= 4 is 17.7 Å². The third-order valence-corrected chi connectivity index (χ3v) is 6.26. The van der Waals surface area contributed by atoms with Gasteiger partial charge in [0, 0.05) is 37.0 Å². The summed E-state index contributed by atoms with van der Waals surface area (Å²) >= 11 is 2.04. The molecule has 2 fully saturated rings. The summed E-state index contributed by atoms with van der Waals surface area (Å²) in [7, 11) is 0. The van der Waals surface area contributed by atoms with Gasteiger partial charge in [0.25, 0.3) is 0 Å². The van der Waals surface area contributed by atoms with E-state index in [0.29, 0.717) is 18.3 Å². The van der Waals surface area contributed by atoms with Crippen LogP contribution in [0.25, 0.3) is 0 Å². The van der Waals surface area contributed by atoms with E-state index >= 15 is 0 Å². The first-order chi connectivity index (χ1) is 11.5. The van der Waals surface area contributed by atoms with Gasteiger partial charge in [-0.2, -0.15) is 11.8 Å². The molecule has 140 valence electrons. The van der Waals surface area contributed by atoms with E-state index in [-0.39, 0.29) is 11.4 Å². The normalized spacial score (nSPS) is 24.5. The van der Waals surface area contributed by atoms with Gasteiger partial charge in [-0.25, -0.2) is 0 Å².